The SMILES string of the molecule is CCC1CCC(c2nc(NN)cc(C3CCCC3)n2)CC1. The Hall–Kier alpha value is -1.16. The standard InChI is InChI=1S/C17H28N4/c1-2-12-7-9-14(10-8-12)17-19-15(11-16(20-17)21-18)13-5-3-4-6-13/h11-14H,2-10,18H2,1H3,(H,19,20,21). The molecular formula is C17H28N4. The maximum Gasteiger partial charge on any atom is 0.143 e. The van der Waals surface area contributed by atoms with Crippen LogP contribution in [0.4, 0.5) is 5.82 Å². The normalized spacial score (nSPS) is 27.0. The fraction of sp³-hybridized carbons (Fsp3) is 0.765. The van der Waals surface area contributed by atoms with Gasteiger partial charge in [0.1, 0.15) is 11.6 Å². The number of nitrogens with two attached hydrogens (primary N) is 1. The van der Waals surface area contributed by atoms with Gasteiger partial charge in [0, 0.05) is 23.6 Å². The van der Waals surface area contributed by atoms with Crippen LogP contribution in [0.1, 0.15) is 88.1 Å². The molecule has 21 heavy (non-hydrogen) atoms. The monoisotopic (exact) mass is 288 g/mol. The quantitative estimate of drug-likeness (QED) is 0.646. The van der Waals surface area contributed by atoms with Crippen molar-refractivity contribution in [3.8, 4) is 0 Å². The molecule has 0 bridgehead atoms. The summed E-state index contributed by atoms with van der Waals surface area (Å²) in [5, 5.41) is 0. The maximum atomic E-state index is 5.62. The van der Waals surface area contributed by atoms with Crippen molar-refractivity contribution in [2.24, 2.45) is 11.8 Å². The van der Waals surface area contributed by atoms with Crippen LogP contribution in [0.15, 0.2) is 6.07 Å². The van der Waals surface area contributed by atoms with Crippen molar-refractivity contribution in [3.63, 3.8) is 0 Å². The Morgan fingerprint density at radius 2 is 1.76 bits per heavy atom. The molecule has 2 aliphatic rings. The fourth-order valence-electron chi connectivity index (χ4n) is 4.00. The zero-order chi connectivity index (χ0) is 14.7. The van der Waals surface area contributed by atoms with Crippen molar-refractivity contribution >= 4 is 5.82 Å². The smallest absolute Gasteiger partial charge is 0.143 e. The van der Waals surface area contributed by atoms with E-state index in [0.29, 0.717) is 11.8 Å². The molecule has 0 unspecified atom stereocenters. The number of nitrogens with one attached hydrogen (secondary N) is 1. The second-order valence-corrected chi connectivity index (χ2v) is 6.79. The second-order valence-electron chi connectivity index (χ2n) is 6.79. The first-order valence-corrected chi connectivity index (χ1v) is 8.65. The molecule has 0 amide bonds. The lowest BCUT2D eigenvalue weighted by Crippen LogP contribution is -2.18. The highest BCUT2D eigenvalue weighted by Crippen LogP contribution is 2.38. The molecule has 0 atom stereocenters. The lowest BCUT2D eigenvalue weighted by Gasteiger charge is -2.27. The lowest BCUT2D eigenvalue weighted by molar-refractivity contribution is 0.311. The van der Waals surface area contributed by atoms with Gasteiger partial charge in [0.05, 0.1) is 0 Å². The number of aromatic nitrogens is 2. The summed E-state index contributed by atoms with van der Waals surface area (Å²) in [6.45, 7) is 2.30. The third-order valence-corrected chi connectivity index (χ3v) is 5.47. The van der Waals surface area contributed by atoms with Gasteiger partial charge < -0.3 is 5.43 Å². The summed E-state index contributed by atoms with van der Waals surface area (Å²) in [6.07, 6.45) is 11.6. The number of hydrogen-bond donors (Lipinski definition) is 2. The minimum Gasteiger partial charge on any atom is -0.308 e. The molecule has 2 saturated carbocycles. The molecule has 0 aliphatic heterocycles. The molecule has 1 aromatic heterocycles. The molecule has 0 spiro atoms. The fourth-order valence-corrected chi connectivity index (χ4v) is 4.00. The Labute approximate surface area is 127 Å². The van der Waals surface area contributed by atoms with Crippen molar-refractivity contribution in [1.82, 2.24) is 9.97 Å². The van der Waals surface area contributed by atoms with E-state index in [0.717, 1.165) is 17.6 Å². The van der Waals surface area contributed by atoms with Gasteiger partial charge in [-0.3, -0.25) is 0 Å². The topological polar surface area (TPSA) is 63.8 Å². The highest BCUT2D eigenvalue weighted by Gasteiger charge is 2.26. The van der Waals surface area contributed by atoms with Gasteiger partial charge in [0.25, 0.3) is 0 Å². The molecule has 1 heterocycles. The first-order valence-electron chi connectivity index (χ1n) is 8.65. The van der Waals surface area contributed by atoms with Crippen molar-refractivity contribution in [2.75, 3.05) is 5.43 Å². The molecule has 2 fully saturated rings. The van der Waals surface area contributed by atoms with Gasteiger partial charge in [-0.15, -0.1) is 0 Å². The van der Waals surface area contributed by atoms with Crippen LogP contribution in [0.25, 0.3) is 0 Å². The Kier molecular flexibility index (Phi) is 4.73. The predicted molar refractivity (Wildman–Crippen MR) is 86.0 cm³/mol. The zero-order valence-corrected chi connectivity index (χ0v) is 13.1. The molecule has 4 heteroatoms. The van der Waals surface area contributed by atoms with E-state index < -0.39 is 0 Å². The van der Waals surface area contributed by atoms with E-state index in [9.17, 15) is 0 Å². The summed E-state index contributed by atoms with van der Waals surface area (Å²) < 4.78 is 0. The lowest BCUT2D eigenvalue weighted by atomic mass is 9.80. The molecule has 1 aromatic rings. The summed E-state index contributed by atoms with van der Waals surface area (Å²) in [5.74, 6) is 9.49. The van der Waals surface area contributed by atoms with Crippen LogP contribution in [-0.4, -0.2) is 9.97 Å². The molecule has 4 nitrogen and oxygen atoms in total. The van der Waals surface area contributed by atoms with Crippen LogP contribution in [0, 0.1) is 5.92 Å². The molecule has 0 radical (unpaired) electrons. The van der Waals surface area contributed by atoms with Crippen molar-refractivity contribution < 1.29 is 0 Å². The van der Waals surface area contributed by atoms with Crippen LogP contribution in [0.5, 0.6) is 0 Å². The summed E-state index contributed by atoms with van der Waals surface area (Å²) in [7, 11) is 0. The minimum atomic E-state index is 0.529. The number of nitrogens with zero attached hydrogens (tertiary/aromatic N) is 2. The third kappa shape index (κ3) is 3.37. The van der Waals surface area contributed by atoms with E-state index in [4.69, 9.17) is 10.8 Å². The second kappa shape index (κ2) is 6.73. The highest BCUT2D eigenvalue weighted by molar-refractivity contribution is 5.36. The average molecular weight is 288 g/mol. The van der Waals surface area contributed by atoms with Gasteiger partial charge in [-0.2, -0.15) is 0 Å². The number of hydrazine groups is 1. The van der Waals surface area contributed by atoms with Gasteiger partial charge in [-0.1, -0.05) is 26.2 Å². The molecule has 0 aromatic carbocycles. The maximum absolute atomic E-state index is 5.62. The minimum absolute atomic E-state index is 0.529. The number of rotatable bonds is 4. The van der Waals surface area contributed by atoms with Crippen molar-refractivity contribution in [3.05, 3.63) is 17.6 Å². The van der Waals surface area contributed by atoms with E-state index in [1.54, 1.807) is 0 Å². The molecule has 2 aliphatic carbocycles. The Morgan fingerprint density at radius 1 is 1.05 bits per heavy atom. The average Bonchev–Trinajstić information content (AvgIpc) is 3.09. The van der Waals surface area contributed by atoms with Crippen LogP contribution < -0.4 is 11.3 Å². The number of hydrogen-bond acceptors (Lipinski definition) is 4. The van der Waals surface area contributed by atoms with E-state index in [2.05, 4.69) is 23.4 Å². The van der Waals surface area contributed by atoms with Gasteiger partial charge in [0.2, 0.25) is 0 Å². The Morgan fingerprint density at radius 3 is 2.38 bits per heavy atom. The van der Waals surface area contributed by atoms with Crippen LogP contribution in [0.3, 0.4) is 0 Å². The Bertz CT molecular complexity index is 460. The zero-order valence-electron chi connectivity index (χ0n) is 13.1. The molecule has 3 rings (SSSR count). The van der Waals surface area contributed by atoms with Gasteiger partial charge in [0.15, 0.2) is 0 Å². The summed E-state index contributed by atoms with van der Waals surface area (Å²) in [4.78, 5) is 9.58. The molecule has 116 valence electrons. The van der Waals surface area contributed by atoms with E-state index in [1.807, 2.05) is 0 Å². The van der Waals surface area contributed by atoms with Crippen molar-refractivity contribution in [1.29, 1.82) is 0 Å². The summed E-state index contributed by atoms with van der Waals surface area (Å²) >= 11 is 0. The van der Waals surface area contributed by atoms with Crippen LogP contribution in [-0.2, 0) is 0 Å². The summed E-state index contributed by atoms with van der Waals surface area (Å²) in [5.41, 5.74) is 3.95. The first kappa shape index (κ1) is 14.8. The highest BCUT2D eigenvalue weighted by atomic mass is 15.3. The number of nitrogen functional groups attached to an aromatic ring is 1. The Balaban J connectivity index is 1.79. The van der Waals surface area contributed by atoms with E-state index in [1.165, 1.54) is 63.5 Å². The van der Waals surface area contributed by atoms with Gasteiger partial charge in [-0.05, 0) is 44.4 Å². The molecular weight excluding hydrogens is 260 g/mol. The van der Waals surface area contributed by atoms with E-state index >= 15 is 0 Å². The summed E-state index contributed by atoms with van der Waals surface area (Å²) in [6, 6.07) is 2.05. The van der Waals surface area contributed by atoms with Gasteiger partial charge >= 0.3 is 0 Å². The predicted octanol–water partition coefficient (Wildman–Crippen LogP) is 4.10. The third-order valence-electron chi connectivity index (χ3n) is 5.47. The van der Waals surface area contributed by atoms with Gasteiger partial charge in [-0.25, -0.2) is 15.8 Å². The first-order chi connectivity index (χ1) is 10.3. The van der Waals surface area contributed by atoms with Crippen LogP contribution in [0.2, 0.25) is 0 Å². The number of anilines is 1. The largest absolute Gasteiger partial charge is 0.308 e. The van der Waals surface area contributed by atoms with E-state index in [-0.39, 0.29) is 0 Å². The van der Waals surface area contributed by atoms with Crippen LogP contribution >= 0.6 is 0 Å². The molecule has 0 saturated heterocycles. The molecule has 3 N–H and O–H groups in total. The van der Waals surface area contributed by atoms with Crippen molar-refractivity contribution in [2.45, 2.75) is 76.5 Å².